The van der Waals surface area contributed by atoms with E-state index in [1.807, 2.05) is 0 Å². The van der Waals surface area contributed by atoms with E-state index in [0.717, 1.165) is 4.88 Å². The number of carbonyl (C=O) groups is 1. The van der Waals surface area contributed by atoms with Crippen LogP contribution >= 0.6 is 11.3 Å². The third-order valence-corrected chi connectivity index (χ3v) is 4.08. The van der Waals surface area contributed by atoms with Gasteiger partial charge >= 0.3 is 5.97 Å². The minimum absolute atomic E-state index is 0.0785. The van der Waals surface area contributed by atoms with E-state index in [0.29, 0.717) is 6.54 Å². The van der Waals surface area contributed by atoms with Gasteiger partial charge in [0.1, 0.15) is 0 Å². The van der Waals surface area contributed by atoms with E-state index >= 15 is 0 Å². The van der Waals surface area contributed by atoms with E-state index in [1.54, 1.807) is 11.3 Å². The molecule has 2 aromatic rings. The number of benzene rings is 1. The zero-order valence-electron chi connectivity index (χ0n) is 9.64. The Morgan fingerprint density at radius 3 is 2.88 bits per heavy atom. The Morgan fingerprint density at radius 2 is 2.24 bits per heavy atom. The number of hydrogen-bond donors (Lipinski definition) is 2. The van der Waals surface area contributed by atoms with Crippen LogP contribution in [0.4, 0.5) is 0 Å². The number of nitrogens with two attached hydrogens (primary N) is 1. The average Bonchev–Trinajstić information content (AvgIpc) is 2.68. The van der Waals surface area contributed by atoms with E-state index in [4.69, 9.17) is 10.8 Å². The Bertz CT molecular complexity index is 547. The van der Waals surface area contributed by atoms with E-state index in [2.05, 4.69) is 31.2 Å². The lowest BCUT2D eigenvalue weighted by Gasteiger charge is -2.08. The Labute approximate surface area is 104 Å². The van der Waals surface area contributed by atoms with Crippen LogP contribution in [0.2, 0.25) is 0 Å². The first-order valence-electron chi connectivity index (χ1n) is 5.52. The maximum absolute atomic E-state index is 10.8. The molecule has 0 aliphatic heterocycles. The van der Waals surface area contributed by atoms with Gasteiger partial charge in [0.15, 0.2) is 0 Å². The van der Waals surface area contributed by atoms with E-state index < -0.39 is 5.97 Å². The first-order valence-corrected chi connectivity index (χ1v) is 6.33. The van der Waals surface area contributed by atoms with Crippen molar-refractivity contribution in [2.75, 3.05) is 6.54 Å². The molecule has 0 aliphatic carbocycles. The molecular formula is C13H15NO2S. The van der Waals surface area contributed by atoms with Gasteiger partial charge in [0, 0.05) is 22.0 Å². The summed E-state index contributed by atoms with van der Waals surface area (Å²) in [4.78, 5) is 11.8. The molecule has 3 N–H and O–H groups in total. The van der Waals surface area contributed by atoms with Crippen molar-refractivity contribution in [1.82, 2.24) is 0 Å². The molecule has 0 saturated carbocycles. The van der Waals surface area contributed by atoms with Crippen LogP contribution in [0.5, 0.6) is 0 Å². The molecule has 0 saturated heterocycles. The first kappa shape index (κ1) is 12.1. The van der Waals surface area contributed by atoms with Gasteiger partial charge in [-0.1, -0.05) is 17.7 Å². The molecule has 0 spiro atoms. The second-order valence-corrected chi connectivity index (χ2v) is 5.34. The molecule has 3 nitrogen and oxygen atoms in total. The highest BCUT2D eigenvalue weighted by molar-refractivity contribution is 7.19. The summed E-state index contributed by atoms with van der Waals surface area (Å²) in [6.07, 6.45) is 0.0995. The van der Waals surface area contributed by atoms with E-state index in [1.165, 1.54) is 15.6 Å². The highest BCUT2D eigenvalue weighted by Crippen LogP contribution is 2.32. The molecular weight excluding hydrogens is 234 g/mol. The molecule has 1 heterocycles. The second kappa shape index (κ2) is 4.85. The lowest BCUT2D eigenvalue weighted by atomic mass is 10.0. The average molecular weight is 249 g/mol. The summed E-state index contributed by atoms with van der Waals surface area (Å²) in [7, 11) is 0. The highest BCUT2D eigenvalue weighted by atomic mass is 32.1. The number of aryl methyl sites for hydroxylation is 1. The molecule has 1 aromatic carbocycles. The normalized spacial score (nSPS) is 12.8. The van der Waals surface area contributed by atoms with Crippen molar-refractivity contribution in [2.24, 2.45) is 5.73 Å². The van der Waals surface area contributed by atoms with Crippen LogP contribution in [0.15, 0.2) is 24.3 Å². The van der Waals surface area contributed by atoms with Crippen LogP contribution < -0.4 is 5.73 Å². The summed E-state index contributed by atoms with van der Waals surface area (Å²) in [5, 5.41) is 10.0. The van der Waals surface area contributed by atoms with Gasteiger partial charge in [0.2, 0.25) is 0 Å². The SMILES string of the molecule is Cc1ccc2sc(C(CN)CC(=O)O)cc2c1. The standard InChI is InChI=1S/C13H15NO2S/c1-8-2-3-11-9(4-8)5-12(17-11)10(7-14)6-13(15)16/h2-5,10H,6-7,14H2,1H3,(H,15,16). The molecule has 1 aromatic heterocycles. The van der Waals surface area contributed by atoms with Crippen molar-refractivity contribution < 1.29 is 9.90 Å². The summed E-state index contributed by atoms with van der Waals surface area (Å²) in [5.74, 6) is -0.876. The van der Waals surface area contributed by atoms with Crippen LogP contribution in [-0.4, -0.2) is 17.6 Å². The molecule has 0 amide bonds. The number of carboxylic acid groups (broad SMARTS) is 1. The molecule has 17 heavy (non-hydrogen) atoms. The van der Waals surface area contributed by atoms with Crippen molar-refractivity contribution >= 4 is 27.4 Å². The first-order chi connectivity index (χ1) is 8.10. The van der Waals surface area contributed by atoms with Gasteiger partial charge in [-0.25, -0.2) is 0 Å². The smallest absolute Gasteiger partial charge is 0.304 e. The van der Waals surface area contributed by atoms with Gasteiger partial charge in [-0.2, -0.15) is 0 Å². The third kappa shape index (κ3) is 2.65. The fourth-order valence-corrected chi connectivity index (χ4v) is 3.05. The van der Waals surface area contributed by atoms with Crippen LogP contribution in [-0.2, 0) is 4.79 Å². The fraction of sp³-hybridized carbons (Fsp3) is 0.308. The predicted octanol–water partition coefficient (Wildman–Crippen LogP) is 2.73. The number of carboxylic acids is 1. The van der Waals surface area contributed by atoms with E-state index in [-0.39, 0.29) is 12.3 Å². The summed E-state index contributed by atoms with van der Waals surface area (Å²) in [5.41, 5.74) is 6.86. The monoisotopic (exact) mass is 249 g/mol. The van der Waals surface area contributed by atoms with Crippen molar-refractivity contribution in [3.8, 4) is 0 Å². The van der Waals surface area contributed by atoms with Gasteiger partial charge in [0.05, 0.1) is 6.42 Å². The number of aliphatic carboxylic acids is 1. The van der Waals surface area contributed by atoms with Crippen molar-refractivity contribution in [3.05, 3.63) is 34.7 Å². The lowest BCUT2D eigenvalue weighted by Crippen LogP contribution is -2.15. The van der Waals surface area contributed by atoms with Gasteiger partial charge < -0.3 is 10.8 Å². The summed E-state index contributed by atoms with van der Waals surface area (Å²) >= 11 is 1.64. The van der Waals surface area contributed by atoms with Gasteiger partial charge in [-0.15, -0.1) is 11.3 Å². The minimum Gasteiger partial charge on any atom is -0.481 e. The topological polar surface area (TPSA) is 63.3 Å². The third-order valence-electron chi connectivity index (χ3n) is 2.80. The Kier molecular flexibility index (Phi) is 3.45. The number of rotatable bonds is 4. The molecule has 0 fully saturated rings. The Morgan fingerprint density at radius 1 is 1.47 bits per heavy atom. The highest BCUT2D eigenvalue weighted by Gasteiger charge is 2.16. The van der Waals surface area contributed by atoms with Gasteiger partial charge in [-0.05, 0) is 24.4 Å². The van der Waals surface area contributed by atoms with E-state index in [9.17, 15) is 4.79 Å². The Balaban J connectivity index is 2.37. The van der Waals surface area contributed by atoms with Crippen molar-refractivity contribution in [3.63, 3.8) is 0 Å². The summed E-state index contributed by atoms with van der Waals surface area (Å²) in [6, 6.07) is 8.32. The molecule has 1 unspecified atom stereocenters. The fourth-order valence-electron chi connectivity index (χ4n) is 1.90. The van der Waals surface area contributed by atoms with Crippen LogP contribution in [0.3, 0.4) is 0 Å². The number of thiophene rings is 1. The van der Waals surface area contributed by atoms with Crippen LogP contribution in [0.1, 0.15) is 22.8 Å². The minimum atomic E-state index is -0.797. The van der Waals surface area contributed by atoms with Crippen LogP contribution in [0.25, 0.3) is 10.1 Å². The zero-order valence-corrected chi connectivity index (χ0v) is 10.5. The lowest BCUT2D eigenvalue weighted by molar-refractivity contribution is -0.137. The van der Waals surface area contributed by atoms with Crippen LogP contribution in [0, 0.1) is 6.92 Å². The molecule has 90 valence electrons. The largest absolute Gasteiger partial charge is 0.481 e. The molecule has 0 radical (unpaired) electrons. The van der Waals surface area contributed by atoms with Gasteiger partial charge in [0.25, 0.3) is 0 Å². The molecule has 0 aliphatic rings. The number of hydrogen-bond acceptors (Lipinski definition) is 3. The quantitative estimate of drug-likeness (QED) is 0.875. The maximum atomic E-state index is 10.8. The van der Waals surface area contributed by atoms with Gasteiger partial charge in [-0.3, -0.25) is 4.79 Å². The molecule has 2 rings (SSSR count). The zero-order chi connectivity index (χ0) is 12.4. The van der Waals surface area contributed by atoms with Crippen molar-refractivity contribution in [2.45, 2.75) is 19.3 Å². The summed E-state index contributed by atoms with van der Waals surface area (Å²) in [6.45, 7) is 2.42. The molecule has 4 heteroatoms. The Hall–Kier alpha value is -1.39. The maximum Gasteiger partial charge on any atom is 0.304 e. The number of fused-ring (bicyclic) bond motifs is 1. The second-order valence-electron chi connectivity index (χ2n) is 4.22. The molecule has 0 bridgehead atoms. The predicted molar refractivity (Wildman–Crippen MR) is 70.6 cm³/mol. The molecule has 1 atom stereocenters. The summed E-state index contributed by atoms with van der Waals surface area (Å²) < 4.78 is 1.19. The van der Waals surface area contributed by atoms with Crippen molar-refractivity contribution in [1.29, 1.82) is 0 Å².